The van der Waals surface area contributed by atoms with Crippen LogP contribution in [0.2, 0.25) is 0 Å². The SMILES string of the molecule is Cc1nc(Br)oc1C#N. The van der Waals surface area contributed by atoms with Crippen molar-refractivity contribution in [1.29, 1.82) is 5.26 Å². The van der Waals surface area contributed by atoms with Crippen LogP contribution in [0.15, 0.2) is 9.22 Å². The van der Waals surface area contributed by atoms with E-state index in [1.807, 2.05) is 6.07 Å². The van der Waals surface area contributed by atoms with Gasteiger partial charge >= 0.3 is 0 Å². The molecule has 0 bridgehead atoms. The van der Waals surface area contributed by atoms with Crippen LogP contribution in [0.3, 0.4) is 0 Å². The molecule has 0 aromatic carbocycles. The van der Waals surface area contributed by atoms with Crippen LogP contribution in [-0.4, -0.2) is 4.98 Å². The fourth-order valence-corrected chi connectivity index (χ4v) is 0.895. The van der Waals surface area contributed by atoms with Gasteiger partial charge in [0.1, 0.15) is 6.07 Å². The molecule has 1 aromatic rings. The molecule has 0 atom stereocenters. The van der Waals surface area contributed by atoms with Crippen LogP contribution in [0.4, 0.5) is 0 Å². The largest absolute Gasteiger partial charge is 0.420 e. The Labute approximate surface area is 60.4 Å². The maximum Gasteiger partial charge on any atom is 0.265 e. The Morgan fingerprint density at radius 3 is 2.67 bits per heavy atom. The summed E-state index contributed by atoms with van der Waals surface area (Å²) in [7, 11) is 0. The molecule has 1 rings (SSSR count). The molecule has 0 aliphatic rings. The van der Waals surface area contributed by atoms with Crippen molar-refractivity contribution in [3.8, 4) is 6.07 Å². The highest BCUT2D eigenvalue weighted by Gasteiger charge is 2.04. The minimum Gasteiger partial charge on any atom is -0.420 e. The predicted molar refractivity (Wildman–Crippen MR) is 33.7 cm³/mol. The molecule has 1 heterocycles. The lowest BCUT2D eigenvalue weighted by Crippen LogP contribution is -1.72. The maximum atomic E-state index is 8.33. The van der Waals surface area contributed by atoms with Crippen molar-refractivity contribution >= 4 is 15.9 Å². The lowest BCUT2D eigenvalue weighted by atomic mass is 10.4. The number of halogens is 1. The van der Waals surface area contributed by atoms with Gasteiger partial charge < -0.3 is 4.42 Å². The van der Waals surface area contributed by atoms with E-state index in [2.05, 4.69) is 20.9 Å². The lowest BCUT2D eigenvalue weighted by Gasteiger charge is -1.73. The van der Waals surface area contributed by atoms with Crippen LogP contribution in [0.5, 0.6) is 0 Å². The summed E-state index contributed by atoms with van der Waals surface area (Å²) in [4.78, 5) is 4.17. The molecule has 0 aliphatic carbocycles. The normalized spacial score (nSPS) is 9.00. The van der Waals surface area contributed by atoms with E-state index in [1.165, 1.54) is 0 Å². The van der Waals surface area contributed by atoms with Crippen LogP contribution in [0.1, 0.15) is 11.5 Å². The third-order valence-electron chi connectivity index (χ3n) is 0.872. The Morgan fingerprint density at radius 1 is 1.78 bits per heavy atom. The summed E-state index contributed by atoms with van der Waals surface area (Å²) in [6, 6.07) is 1.86. The average molecular weight is 187 g/mol. The second-order valence-corrected chi connectivity index (χ2v) is 2.17. The summed E-state index contributed by atoms with van der Waals surface area (Å²) < 4.78 is 4.81. The standard InChI is InChI=1S/C5H3BrN2O/c1-3-4(2-7)9-5(6)8-3/h1H3. The highest BCUT2D eigenvalue weighted by molar-refractivity contribution is 9.10. The van der Waals surface area contributed by atoms with Gasteiger partial charge in [-0.25, -0.2) is 4.98 Å². The average Bonchev–Trinajstić information content (AvgIpc) is 2.10. The molecular weight excluding hydrogens is 184 g/mol. The zero-order valence-corrected chi connectivity index (χ0v) is 6.27. The first-order valence-corrected chi connectivity index (χ1v) is 3.06. The van der Waals surface area contributed by atoms with Crippen LogP contribution in [0, 0.1) is 18.3 Å². The molecule has 9 heavy (non-hydrogen) atoms. The molecular formula is C5H3BrN2O. The van der Waals surface area contributed by atoms with E-state index >= 15 is 0 Å². The molecule has 0 N–H and O–H groups in total. The van der Waals surface area contributed by atoms with Gasteiger partial charge in [-0.15, -0.1) is 0 Å². The van der Waals surface area contributed by atoms with Gasteiger partial charge in [-0.3, -0.25) is 0 Å². The summed E-state index contributed by atoms with van der Waals surface area (Å²) in [5, 5.41) is 8.33. The van der Waals surface area contributed by atoms with Crippen molar-refractivity contribution in [2.75, 3.05) is 0 Å². The number of aryl methyl sites for hydroxylation is 1. The Morgan fingerprint density at radius 2 is 2.44 bits per heavy atom. The second-order valence-electron chi connectivity index (χ2n) is 1.49. The van der Waals surface area contributed by atoms with E-state index in [1.54, 1.807) is 6.92 Å². The summed E-state index contributed by atoms with van der Waals surface area (Å²) in [5.41, 5.74) is 0.615. The molecule has 0 spiro atoms. The fraction of sp³-hybridized carbons (Fsp3) is 0.200. The van der Waals surface area contributed by atoms with Crippen LogP contribution >= 0.6 is 15.9 Å². The molecule has 46 valence electrons. The summed E-state index contributed by atoms with van der Waals surface area (Å²) in [5.74, 6) is 0.266. The molecule has 0 unspecified atom stereocenters. The number of hydrogen-bond acceptors (Lipinski definition) is 3. The smallest absolute Gasteiger partial charge is 0.265 e. The first-order chi connectivity index (χ1) is 4.24. The van der Waals surface area contributed by atoms with Gasteiger partial charge in [0.25, 0.3) is 4.80 Å². The molecule has 0 fully saturated rings. The summed E-state index contributed by atoms with van der Waals surface area (Å²) in [6.07, 6.45) is 0. The van der Waals surface area contributed by atoms with Crippen molar-refractivity contribution in [1.82, 2.24) is 4.98 Å². The van der Waals surface area contributed by atoms with Gasteiger partial charge in [0, 0.05) is 15.9 Å². The topological polar surface area (TPSA) is 49.8 Å². The Bertz CT molecular complexity index is 260. The molecule has 4 heteroatoms. The van der Waals surface area contributed by atoms with E-state index in [4.69, 9.17) is 9.68 Å². The third kappa shape index (κ3) is 1.11. The molecule has 0 radical (unpaired) electrons. The maximum absolute atomic E-state index is 8.33. The van der Waals surface area contributed by atoms with E-state index in [-0.39, 0.29) is 5.76 Å². The van der Waals surface area contributed by atoms with Gasteiger partial charge in [-0.1, -0.05) is 0 Å². The van der Waals surface area contributed by atoms with E-state index in [9.17, 15) is 0 Å². The number of hydrogen-bond donors (Lipinski definition) is 0. The first-order valence-electron chi connectivity index (χ1n) is 2.27. The number of nitrogens with zero attached hydrogens (tertiary/aromatic N) is 2. The minimum atomic E-state index is 0.266. The van der Waals surface area contributed by atoms with Gasteiger partial charge in [-0.2, -0.15) is 5.26 Å². The van der Waals surface area contributed by atoms with Gasteiger partial charge in [0.05, 0.1) is 5.69 Å². The first kappa shape index (κ1) is 6.30. The van der Waals surface area contributed by atoms with E-state index in [0.29, 0.717) is 10.5 Å². The molecule has 0 saturated heterocycles. The molecule has 0 saturated carbocycles. The monoisotopic (exact) mass is 186 g/mol. The van der Waals surface area contributed by atoms with E-state index in [0.717, 1.165) is 0 Å². The lowest BCUT2D eigenvalue weighted by molar-refractivity contribution is 0.515. The summed E-state index contributed by atoms with van der Waals surface area (Å²) in [6.45, 7) is 1.72. The summed E-state index contributed by atoms with van der Waals surface area (Å²) >= 11 is 2.99. The van der Waals surface area contributed by atoms with Crippen molar-refractivity contribution in [3.05, 3.63) is 16.3 Å². The predicted octanol–water partition coefficient (Wildman–Crippen LogP) is 1.62. The number of nitriles is 1. The van der Waals surface area contributed by atoms with Gasteiger partial charge in [0.15, 0.2) is 0 Å². The fourth-order valence-electron chi connectivity index (χ4n) is 0.467. The van der Waals surface area contributed by atoms with Crippen molar-refractivity contribution in [2.24, 2.45) is 0 Å². The third-order valence-corrected chi connectivity index (χ3v) is 1.21. The zero-order chi connectivity index (χ0) is 6.85. The highest BCUT2D eigenvalue weighted by atomic mass is 79.9. The molecule has 1 aromatic heterocycles. The van der Waals surface area contributed by atoms with Crippen molar-refractivity contribution in [3.63, 3.8) is 0 Å². The Balaban J connectivity index is 3.20. The molecule has 3 nitrogen and oxygen atoms in total. The van der Waals surface area contributed by atoms with Crippen LogP contribution in [0.25, 0.3) is 0 Å². The van der Waals surface area contributed by atoms with Crippen LogP contribution in [-0.2, 0) is 0 Å². The molecule has 0 aliphatic heterocycles. The number of oxazole rings is 1. The quantitative estimate of drug-likeness (QED) is 0.619. The minimum absolute atomic E-state index is 0.266. The second kappa shape index (κ2) is 2.19. The van der Waals surface area contributed by atoms with E-state index < -0.39 is 0 Å². The van der Waals surface area contributed by atoms with Gasteiger partial charge in [0.2, 0.25) is 5.76 Å². The van der Waals surface area contributed by atoms with Crippen LogP contribution < -0.4 is 0 Å². The number of aromatic nitrogens is 1. The van der Waals surface area contributed by atoms with Crippen molar-refractivity contribution in [2.45, 2.75) is 6.92 Å². The Hall–Kier alpha value is -0.820. The highest BCUT2D eigenvalue weighted by Crippen LogP contribution is 2.12. The Kier molecular flexibility index (Phi) is 1.54. The number of rotatable bonds is 0. The van der Waals surface area contributed by atoms with Gasteiger partial charge in [-0.05, 0) is 6.92 Å². The van der Waals surface area contributed by atoms with Crippen molar-refractivity contribution < 1.29 is 4.42 Å². The zero-order valence-electron chi connectivity index (χ0n) is 4.68. The molecule has 0 amide bonds.